The van der Waals surface area contributed by atoms with Gasteiger partial charge in [0, 0.05) is 6.04 Å². The van der Waals surface area contributed by atoms with Gasteiger partial charge < -0.3 is 10.1 Å². The van der Waals surface area contributed by atoms with Crippen LogP contribution in [0.15, 0.2) is 0 Å². The van der Waals surface area contributed by atoms with E-state index in [0.29, 0.717) is 6.04 Å². The topological polar surface area (TPSA) is 55.4 Å². The summed E-state index contributed by atoms with van der Waals surface area (Å²) in [6.45, 7) is -0.0862. The summed E-state index contributed by atoms with van der Waals surface area (Å²) in [4.78, 5) is 24.6. The first-order valence-electron chi connectivity index (χ1n) is 9.09. The van der Waals surface area contributed by atoms with E-state index in [9.17, 15) is 9.59 Å². The van der Waals surface area contributed by atoms with Crippen molar-refractivity contribution in [3.8, 4) is 0 Å². The van der Waals surface area contributed by atoms with Crippen LogP contribution in [-0.2, 0) is 14.3 Å². The van der Waals surface area contributed by atoms with E-state index in [-0.39, 0.29) is 23.9 Å². The van der Waals surface area contributed by atoms with Gasteiger partial charge in [-0.15, -0.1) is 0 Å². The molecule has 0 atom stereocenters. The third kappa shape index (κ3) is 2.65. The summed E-state index contributed by atoms with van der Waals surface area (Å²) in [5.41, 5.74) is -0.248. The second kappa shape index (κ2) is 5.54. The molecule has 122 valence electrons. The zero-order valence-electron chi connectivity index (χ0n) is 13.3. The molecule has 22 heavy (non-hydrogen) atoms. The van der Waals surface area contributed by atoms with Crippen LogP contribution in [0.5, 0.6) is 0 Å². The molecule has 4 nitrogen and oxygen atoms in total. The fourth-order valence-electron chi connectivity index (χ4n) is 5.98. The maximum Gasteiger partial charge on any atom is 0.312 e. The molecule has 5 aliphatic rings. The van der Waals surface area contributed by atoms with Crippen LogP contribution in [-0.4, -0.2) is 24.5 Å². The van der Waals surface area contributed by atoms with Crippen molar-refractivity contribution in [3.05, 3.63) is 0 Å². The summed E-state index contributed by atoms with van der Waals surface area (Å²) < 4.78 is 5.45. The van der Waals surface area contributed by atoms with Crippen LogP contribution in [0.1, 0.15) is 64.2 Å². The largest absolute Gasteiger partial charge is 0.455 e. The van der Waals surface area contributed by atoms with Crippen molar-refractivity contribution in [1.82, 2.24) is 5.32 Å². The average Bonchev–Trinajstić information content (AvgIpc) is 2.96. The second-order valence-corrected chi connectivity index (χ2v) is 8.32. The number of ether oxygens (including phenoxy) is 1. The van der Waals surface area contributed by atoms with Crippen molar-refractivity contribution in [2.45, 2.75) is 70.3 Å². The molecule has 0 aliphatic heterocycles. The Morgan fingerprint density at radius 3 is 2.05 bits per heavy atom. The molecule has 0 saturated heterocycles. The molecule has 0 aromatic heterocycles. The van der Waals surface area contributed by atoms with Gasteiger partial charge in [0.15, 0.2) is 6.61 Å². The van der Waals surface area contributed by atoms with E-state index < -0.39 is 0 Å². The first-order valence-corrected chi connectivity index (χ1v) is 9.09. The Hall–Kier alpha value is -1.06. The minimum absolute atomic E-state index is 0.0862. The maximum absolute atomic E-state index is 12.6. The third-order valence-corrected chi connectivity index (χ3v) is 6.53. The van der Waals surface area contributed by atoms with Gasteiger partial charge in [-0.3, -0.25) is 9.59 Å². The Bertz CT molecular complexity index is 432. The number of nitrogens with one attached hydrogen (secondary N) is 1. The molecule has 5 aliphatic carbocycles. The van der Waals surface area contributed by atoms with Crippen LogP contribution in [0.2, 0.25) is 0 Å². The second-order valence-electron chi connectivity index (χ2n) is 8.32. The molecule has 5 rings (SSSR count). The highest BCUT2D eigenvalue weighted by atomic mass is 16.5. The molecule has 4 heteroatoms. The molecule has 0 radical (unpaired) electrons. The Morgan fingerprint density at radius 2 is 1.50 bits per heavy atom. The molecule has 5 saturated carbocycles. The summed E-state index contributed by atoms with van der Waals surface area (Å²) >= 11 is 0. The zero-order valence-corrected chi connectivity index (χ0v) is 13.3. The van der Waals surface area contributed by atoms with Crippen LogP contribution in [0.4, 0.5) is 0 Å². The molecule has 0 unspecified atom stereocenters. The molecule has 5 fully saturated rings. The smallest absolute Gasteiger partial charge is 0.312 e. The van der Waals surface area contributed by atoms with Crippen molar-refractivity contribution >= 4 is 11.9 Å². The predicted molar refractivity (Wildman–Crippen MR) is 82.0 cm³/mol. The number of hydrogen-bond donors (Lipinski definition) is 1. The number of rotatable bonds is 4. The van der Waals surface area contributed by atoms with E-state index in [0.717, 1.165) is 49.9 Å². The van der Waals surface area contributed by atoms with Gasteiger partial charge in [-0.25, -0.2) is 0 Å². The molecular formula is C18H27NO3. The highest BCUT2D eigenvalue weighted by molar-refractivity contribution is 5.83. The number of carbonyl (C=O) groups is 2. The lowest BCUT2D eigenvalue weighted by atomic mass is 9.49. The standard InChI is InChI=1S/C18H27NO3/c20-16(19-15-3-1-2-4-15)11-22-17(21)18-8-12-5-13(9-18)7-14(6-12)10-18/h12-15H,1-11H2,(H,19,20). The van der Waals surface area contributed by atoms with Crippen molar-refractivity contribution in [2.75, 3.05) is 6.61 Å². The monoisotopic (exact) mass is 305 g/mol. The van der Waals surface area contributed by atoms with E-state index in [1.54, 1.807) is 0 Å². The predicted octanol–water partition coefficient (Wildman–Crippen LogP) is 2.80. The van der Waals surface area contributed by atoms with E-state index >= 15 is 0 Å². The van der Waals surface area contributed by atoms with Crippen molar-refractivity contribution in [1.29, 1.82) is 0 Å². The zero-order chi connectivity index (χ0) is 15.2. The van der Waals surface area contributed by atoms with Crippen LogP contribution in [0.25, 0.3) is 0 Å². The molecule has 1 N–H and O–H groups in total. The van der Waals surface area contributed by atoms with Gasteiger partial charge in [0.1, 0.15) is 0 Å². The van der Waals surface area contributed by atoms with Crippen molar-refractivity contribution in [2.24, 2.45) is 23.2 Å². The number of amides is 1. The van der Waals surface area contributed by atoms with Gasteiger partial charge >= 0.3 is 5.97 Å². The minimum Gasteiger partial charge on any atom is -0.455 e. The molecule has 0 spiro atoms. The lowest BCUT2D eigenvalue weighted by molar-refractivity contribution is -0.173. The molecule has 1 amide bonds. The fourth-order valence-corrected chi connectivity index (χ4v) is 5.98. The normalized spacial score (nSPS) is 39.9. The van der Waals surface area contributed by atoms with Gasteiger partial charge in [0.25, 0.3) is 5.91 Å². The summed E-state index contributed by atoms with van der Waals surface area (Å²) in [6, 6.07) is 0.297. The summed E-state index contributed by atoms with van der Waals surface area (Å²) in [5.74, 6) is 1.97. The Labute approximate surface area is 132 Å². The summed E-state index contributed by atoms with van der Waals surface area (Å²) in [6.07, 6.45) is 11.5. The highest BCUT2D eigenvalue weighted by Gasteiger charge is 2.55. The number of carbonyl (C=O) groups excluding carboxylic acids is 2. The number of esters is 1. The molecule has 4 bridgehead atoms. The van der Waals surface area contributed by atoms with Crippen molar-refractivity contribution < 1.29 is 14.3 Å². The molecule has 0 aromatic carbocycles. The Balaban J connectivity index is 1.31. The summed E-state index contributed by atoms with van der Waals surface area (Å²) in [7, 11) is 0. The van der Waals surface area contributed by atoms with Crippen LogP contribution in [0.3, 0.4) is 0 Å². The summed E-state index contributed by atoms with van der Waals surface area (Å²) in [5, 5.41) is 2.99. The van der Waals surface area contributed by atoms with Crippen molar-refractivity contribution in [3.63, 3.8) is 0 Å². The van der Waals surface area contributed by atoms with Crippen LogP contribution in [0, 0.1) is 23.2 Å². The van der Waals surface area contributed by atoms with E-state index in [2.05, 4.69) is 5.32 Å². The molecular weight excluding hydrogens is 278 g/mol. The molecule has 0 heterocycles. The minimum atomic E-state index is -0.248. The first-order chi connectivity index (χ1) is 10.6. The Morgan fingerprint density at radius 1 is 0.955 bits per heavy atom. The van der Waals surface area contributed by atoms with Gasteiger partial charge in [-0.1, -0.05) is 12.8 Å². The lowest BCUT2D eigenvalue weighted by Gasteiger charge is -2.55. The van der Waals surface area contributed by atoms with E-state index in [1.807, 2.05) is 0 Å². The quantitative estimate of drug-likeness (QED) is 0.813. The number of hydrogen-bond acceptors (Lipinski definition) is 3. The van der Waals surface area contributed by atoms with Gasteiger partial charge in [0.2, 0.25) is 0 Å². The van der Waals surface area contributed by atoms with E-state index in [1.165, 1.54) is 32.1 Å². The van der Waals surface area contributed by atoms with Crippen LogP contribution >= 0.6 is 0 Å². The van der Waals surface area contributed by atoms with Gasteiger partial charge in [0.05, 0.1) is 5.41 Å². The maximum atomic E-state index is 12.6. The SMILES string of the molecule is O=C(COC(=O)C12CC3CC(CC(C3)C1)C2)NC1CCCC1. The average molecular weight is 305 g/mol. The highest BCUT2D eigenvalue weighted by Crippen LogP contribution is 2.60. The molecule has 0 aromatic rings. The Kier molecular flexibility index (Phi) is 3.66. The van der Waals surface area contributed by atoms with Gasteiger partial charge in [-0.2, -0.15) is 0 Å². The fraction of sp³-hybridized carbons (Fsp3) is 0.889. The van der Waals surface area contributed by atoms with Gasteiger partial charge in [-0.05, 0) is 69.1 Å². The van der Waals surface area contributed by atoms with E-state index in [4.69, 9.17) is 4.74 Å². The third-order valence-electron chi connectivity index (χ3n) is 6.53. The van der Waals surface area contributed by atoms with Crippen LogP contribution < -0.4 is 5.32 Å². The lowest BCUT2D eigenvalue weighted by Crippen LogP contribution is -2.51. The first kappa shape index (κ1) is 14.5.